The fourth-order valence-corrected chi connectivity index (χ4v) is 7.95. The number of carboxylic acids is 1. The number of hydrogen-bond acceptors (Lipinski definition) is 5. The Morgan fingerprint density at radius 1 is 1.00 bits per heavy atom. The molecule has 1 N–H and O–H groups in total. The highest BCUT2D eigenvalue weighted by Crippen LogP contribution is 2.46. The van der Waals surface area contributed by atoms with Crippen molar-refractivity contribution in [3.63, 3.8) is 0 Å². The van der Waals surface area contributed by atoms with Crippen molar-refractivity contribution in [3.05, 3.63) is 94.6 Å². The van der Waals surface area contributed by atoms with Gasteiger partial charge in [-0.25, -0.2) is 13.2 Å². The van der Waals surface area contributed by atoms with E-state index in [0.29, 0.717) is 24.5 Å². The number of aliphatic carboxylic acids is 1. The third-order valence-corrected chi connectivity index (χ3v) is 10.1. The number of carbonyl (C=O) groups is 1. The van der Waals surface area contributed by atoms with Crippen LogP contribution in [0.15, 0.2) is 60.7 Å². The quantitative estimate of drug-likeness (QED) is 0.261. The molecule has 2 saturated heterocycles. The van der Waals surface area contributed by atoms with E-state index in [1.807, 2.05) is 70.2 Å². The first-order valence-corrected chi connectivity index (χ1v) is 16.8. The molecule has 3 aromatic rings. The average Bonchev–Trinajstić information content (AvgIpc) is 2.97. The molecule has 47 heavy (non-hydrogen) atoms. The van der Waals surface area contributed by atoms with E-state index in [1.165, 1.54) is 26.0 Å². The molecule has 3 heterocycles. The van der Waals surface area contributed by atoms with E-state index in [2.05, 4.69) is 0 Å². The fraction of sp³-hybridized carbons (Fsp3) is 0.500. The third kappa shape index (κ3) is 7.62. The zero-order valence-electron chi connectivity index (χ0n) is 27.7. The van der Waals surface area contributed by atoms with Crippen LogP contribution < -0.4 is 9.64 Å². The van der Waals surface area contributed by atoms with Crippen LogP contribution in [0.3, 0.4) is 0 Å². The molecule has 2 fully saturated rings. The summed E-state index contributed by atoms with van der Waals surface area (Å²) < 4.78 is 53.8. The molecule has 3 aromatic carbocycles. The number of nitrogens with zero attached hydrogens (tertiary/aromatic N) is 3. The van der Waals surface area contributed by atoms with Crippen molar-refractivity contribution >= 4 is 11.7 Å². The molecule has 1 unspecified atom stereocenters. The van der Waals surface area contributed by atoms with Gasteiger partial charge in [-0.1, -0.05) is 36.4 Å². The van der Waals surface area contributed by atoms with Crippen molar-refractivity contribution in [1.82, 2.24) is 9.80 Å². The molecule has 3 aliphatic heterocycles. The molecule has 0 aromatic heterocycles. The highest BCUT2D eigenvalue weighted by Gasteiger charge is 2.44. The van der Waals surface area contributed by atoms with Crippen molar-refractivity contribution < 1.29 is 27.8 Å². The zero-order chi connectivity index (χ0) is 33.3. The number of anilines is 1. The Morgan fingerprint density at radius 3 is 2.28 bits per heavy atom. The number of halogens is 3. The summed E-state index contributed by atoms with van der Waals surface area (Å²) in [6.45, 7) is 8.44. The molecule has 6 rings (SSSR count). The van der Waals surface area contributed by atoms with E-state index in [4.69, 9.17) is 9.84 Å². The minimum atomic E-state index is -1.57. The smallest absolute Gasteiger partial charge is 0.317 e. The van der Waals surface area contributed by atoms with Crippen molar-refractivity contribution in [2.24, 2.45) is 5.41 Å². The van der Waals surface area contributed by atoms with E-state index in [-0.39, 0.29) is 30.1 Å². The van der Waals surface area contributed by atoms with E-state index < -0.39 is 29.3 Å². The second-order valence-electron chi connectivity index (χ2n) is 14.5. The maximum absolute atomic E-state index is 16.3. The van der Waals surface area contributed by atoms with E-state index >= 15 is 13.2 Å². The van der Waals surface area contributed by atoms with E-state index in [1.54, 1.807) is 0 Å². The number of ether oxygens (including phenoxy) is 1. The Hall–Kier alpha value is -3.56. The SMILES string of the molecule is C[C@@H]1Cc2cc(OCc3ccccc3)ccc2C(c2c(F)cc(N3CC4(CCCN(CC(=O)O)CCC4)C3)cc2F)N1CC(C)(C)F. The highest BCUT2D eigenvalue weighted by atomic mass is 19.1. The number of likely N-dealkylation sites (tertiary alicyclic amines) is 1. The monoisotopic (exact) mass is 649 g/mol. The summed E-state index contributed by atoms with van der Waals surface area (Å²) in [5, 5.41) is 9.15. The van der Waals surface area contributed by atoms with Gasteiger partial charge in [0.05, 0.1) is 12.6 Å². The van der Waals surface area contributed by atoms with Crippen molar-refractivity contribution in [2.45, 2.75) is 77.2 Å². The van der Waals surface area contributed by atoms with Gasteiger partial charge in [0, 0.05) is 42.3 Å². The van der Waals surface area contributed by atoms with Gasteiger partial charge in [-0.15, -0.1) is 0 Å². The highest BCUT2D eigenvalue weighted by molar-refractivity contribution is 5.69. The van der Waals surface area contributed by atoms with Crippen LogP contribution in [-0.4, -0.2) is 71.9 Å². The van der Waals surface area contributed by atoms with Crippen LogP contribution in [-0.2, 0) is 17.8 Å². The lowest BCUT2D eigenvalue weighted by molar-refractivity contribution is -0.138. The zero-order valence-corrected chi connectivity index (χ0v) is 27.7. The summed E-state index contributed by atoms with van der Waals surface area (Å²) in [5.41, 5.74) is 1.74. The molecule has 0 aliphatic carbocycles. The van der Waals surface area contributed by atoms with Crippen LogP contribution in [0, 0.1) is 17.0 Å². The molecule has 0 radical (unpaired) electrons. The number of rotatable bonds is 9. The molecular formula is C38H46F3N3O3. The lowest BCUT2D eigenvalue weighted by atomic mass is 9.71. The van der Waals surface area contributed by atoms with Gasteiger partial charge in [-0.2, -0.15) is 0 Å². The molecule has 0 bridgehead atoms. The minimum absolute atomic E-state index is 0.0315. The van der Waals surface area contributed by atoms with Crippen molar-refractivity contribution in [3.8, 4) is 5.75 Å². The Labute approximate surface area is 276 Å². The molecule has 3 aliphatic rings. The molecule has 1 spiro atoms. The van der Waals surface area contributed by atoms with Crippen LogP contribution in [0.25, 0.3) is 0 Å². The lowest BCUT2D eigenvalue weighted by Crippen LogP contribution is -2.57. The van der Waals surface area contributed by atoms with Gasteiger partial charge in [0.15, 0.2) is 0 Å². The molecule has 9 heteroatoms. The second-order valence-corrected chi connectivity index (χ2v) is 14.5. The third-order valence-electron chi connectivity index (χ3n) is 10.1. The Kier molecular flexibility index (Phi) is 9.59. The Morgan fingerprint density at radius 2 is 1.66 bits per heavy atom. The first-order valence-electron chi connectivity index (χ1n) is 16.8. The first kappa shape index (κ1) is 33.3. The number of carboxylic acid groups (broad SMARTS) is 1. The van der Waals surface area contributed by atoms with Crippen molar-refractivity contribution in [2.75, 3.05) is 44.2 Å². The Bertz CT molecular complexity index is 1540. The van der Waals surface area contributed by atoms with E-state index in [0.717, 1.165) is 68.6 Å². The largest absolute Gasteiger partial charge is 0.489 e. The van der Waals surface area contributed by atoms with Gasteiger partial charge in [0.25, 0.3) is 0 Å². The van der Waals surface area contributed by atoms with E-state index in [9.17, 15) is 4.79 Å². The predicted octanol–water partition coefficient (Wildman–Crippen LogP) is 7.39. The summed E-state index contributed by atoms with van der Waals surface area (Å²) >= 11 is 0. The average molecular weight is 650 g/mol. The number of hydrogen-bond donors (Lipinski definition) is 1. The van der Waals surface area contributed by atoms with Gasteiger partial charge in [-0.3, -0.25) is 14.6 Å². The molecule has 252 valence electrons. The normalized spacial score (nSPS) is 21.9. The van der Waals surface area contributed by atoms with Crippen LogP contribution >= 0.6 is 0 Å². The molecule has 0 amide bonds. The van der Waals surface area contributed by atoms with Gasteiger partial charge >= 0.3 is 5.97 Å². The summed E-state index contributed by atoms with van der Waals surface area (Å²) in [7, 11) is 0. The van der Waals surface area contributed by atoms with Gasteiger partial charge in [0.2, 0.25) is 0 Å². The van der Waals surface area contributed by atoms with Crippen molar-refractivity contribution in [1.29, 1.82) is 0 Å². The standard InChI is InChI=1S/C38H46F3N3O3/c1-26-17-28-18-30(47-22-27-9-5-4-6-10-27)11-12-31(28)36(44(26)23-37(2,3)41)35-32(39)19-29(20-33(35)40)43-24-38(25-43)13-7-15-42(16-8-14-38)21-34(45)46/h4-6,9-12,18-20,26,36H,7-8,13-17,21-25H2,1-3H3,(H,45,46)/t26-,36?/m1/s1. The molecular weight excluding hydrogens is 603 g/mol. The van der Waals surface area contributed by atoms with Gasteiger partial charge in [0.1, 0.15) is 29.7 Å². The van der Waals surface area contributed by atoms with Crippen LogP contribution in [0.2, 0.25) is 0 Å². The summed E-state index contributed by atoms with van der Waals surface area (Å²) in [4.78, 5) is 17.1. The van der Waals surface area contributed by atoms with Crippen LogP contribution in [0.1, 0.15) is 74.8 Å². The number of benzene rings is 3. The predicted molar refractivity (Wildman–Crippen MR) is 178 cm³/mol. The Balaban J connectivity index is 1.23. The fourth-order valence-electron chi connectivity index (χ4n) is 7.95. The topological polar surface area (TPSA) is 56.3 Å². The van der Waals surface area contributed by atoms with Gasteiger partial charge in [-0.05, 0) is 107 Å². The molecule has 0 saturated carbocycles. The summed E-state index contributed by atoms with van der Waals surface area (Å²) in [6, 6.07) is 17.5. The molecule has 6 nitrogen and oxygen atoms in total. The lowest BCUT2D eigenvalue weighted by Gasteiger charge is -2.53. The maximum atomic E-state index is 16.3. The van der Waals surface area contributed by atoms with Crippen LogP contribution in [0.4, 0.5) is 18.9 Å². The summed E-state index contributed by atoms with van der Waals surface area (Å²) in [5.74, 6) is -1.37. The number of alkyl halides is 1. The maximum Gasteiger partial charge on any atom is 0.317 e. The summed E-state index contributed by atoms with van der Waals surface area (Å²) in [6.07, 6.45) is 4.34. The van der Waals surface area contributed by atoms with Gasteiger partial charge < -0.3 is 14.7 Å². The first-order chi connectivity index (χ1) is 22.4. The minimum Gasteiger partial charge on any atom is -0.489 e. The number of fused-ring (bicyclic) bond motifs is 1. The molecule has 2 atom stereocenters. The van der Waals surface area contributed by atoms with Crippen LogP contribution in [0.5, 0.6) is 5.75 Å². The second kappa shape index (κ2) is 13.5.